The molecule has 63 heavy (non-hydrogen) atoms. The van der Waals surface area contributed by atoms with Crippen LogP contribution in [0.2, 0.25) is 0 Å². The Labute approximate surface area is 356 Å². The van der Waals surface area contributed by atoms with Crippen LogP contribution in [0.1, 0.15) is 0 Å². The molecular weight excluding hydrogens is 872 g/mol. The molecule has 5 fully saturated rings. The van der Waals surface area contributed by atoms with Crippen molar-refractivity contribution in [2.75, 3.05) is 46.2 Å². The highest BCUT2D eigenvalue weighted by Gasteiger charge is 2.55. The third-order valence-corrected chi connectivity index (χ3v) is 11.2. The zero-order valence-corrected chi connectivity index (χ0v) is 33.1. The molecule has 29 heteroatoms. The minimum Gasteiger partial charge on any atom is -0.394 e. The van der Waals surface area contributed by atoms with Gasteiger partial charge in [-0.3, -0.25) is 0 Å². The van der Waals surface area contributed by atoms with Gasteiger partial charge in [-0.25, -0.2) is 0 Å². The molecule has 27 atom stereocenters. The van der Waals surface area contributed by atoms with Gasteiger partial charge in [-0.2, -0.15) is 0 Å². The van der Waals surface area contributed by atoms with Gasteiger partial charge in [0.1, 0.15) is 134 Å². The molecule has 5 rings (SSSR count). The van der Waals surface area contributed by atoms with E-state index in [0.717, 1.165) is 0 Å². The van der Waals surface area contributed by atoms with Gasteiger partial charge in [-0.1, -0.05) is 0 Å². The molecule has 0 amide bonds. The Hall–Kier alpha value is -1.16. The van der Waals surface area contributed by atoms with E-state index in [-0.39, 0.29) is 0 Å². The number of rotatable bonds is 18. The first-order valence-electron chi connectivity index (χ1n) is 19.9. The smallest absolute Gasteiger partial charge is 0.187 e. The summed E-state index contributed by atoms with van der Waals surface area (Å²) in [6.07, 6.45) is -51.7. The number of ether oxygens (including phenoxy) is 10. The Bertz CT molecular complexity index is 1360. The molecule has 0 bridgehead atoms. The Balaban J connectivity index is 1.42. The number of aliphatic hydroxyl groups excluding tert-OH is 19. The quantitative estimate of drug-likeness (QED) is 0.0607. The van der Waals surface area contributed by atoms with Gasteiger partial charge in [0, 0.05) is 0 Å². The van der Waals surface area contributed by atoms with Crippen molar-refractivity contribution in [3.05, 3.63) is 0 Å². The van der Waals surface area contributed by atoms with Gasteiger partial charge in [0.2, 0.25) is 0 Å². The normalized spacial score (nSPS) is 48.3. The third kappa shape index (κ3) is 11.9. The minimum atomic E-state index is -2.26. The SMILES string of the molecule is OC[C@@H](O)[C@@H](O[C@@H]1O[C@H](CO[C@H]2OC[C@@H](O)[C@H](O)[C@H]2O)[C@@H](O[C@@H]2O[C@H](CO[C@H]3OC[C@@H](O)[C@H](O)[C@H]3O)[C@@H](O[C@@H]3O[C@H](CO)[C@@H](O)[C@H](O)[C@H]3O)[C@H](O)[C@H]2O)[C@H](O)[C@H]1O)[C@H](O)[C@@H](O)CO. The van der Waals surface area contributed by atoms with E-state index in [4.69, 9.17) is 47.4 Å². The zero-order valence-electron chi connectivity index (χ0n) is 33.1. The first kappa shape index (κ1) is 52.8. The molecule has 370 valence electrons. The molecule has 0 unspecified atom stereocenters. The topological polar surface area (TPSA) is 477 Å². The van der Waals surface area contributed by atoms with Gasteiger partial charge in [0.25, 0.3) is 0 Å². The Morgan fingerprint density at radius 1 is 0.429 bits per heavy atom. The molecule has 0 radical (unpaired) electrons. The highest BCUT2D eigenvalue weighted by Crippen LogP contribution is 2.34. The van der Waals surface area contributed by atoms with E-state index in [0.29, 0.717) is 0 Å². The summed E-state index contributed by atoms with van der Waals surface area (Å²) in [6.45, 7) is -5.80. The maximum atomic E-state index is 11.5. The van der Waals surface area contributed by atoms with Gasteiger partial charge in [-0.05, 0) is 0 Å². The molecule has 0 saturated carbocycles. The fourth-order valence-electron chi connectivity index (χ4n) is 7.35. The number of hydrogen-bond donors (Lipinski definition) is 19. The lowest BCUT2D eigenvalue weighted by atomic mass is 9.95. The molecule has 0 aromatic carbocycles. The molecule has 5 saturated heterocycles. The van der Waals surface area contributed by atoms with Gasteiger partial charge in [-0.15, -0.1) is 0 Å². The summed E-state index contributed by atoms with van der Waals surface area (Å²) >= 11 is 0. The molecule has 5 aliphatic rings. The summed E-state index contributed by atoms with van der Waals surface area (Å²) in [5.41, 5.74) is 0. The fraction of sp³-hybridized carbons (Fsp3) is 1.00. The predicted molar refractivity (Wildman–Crippen MR) is 189 cm³/mol. The maximum Gasteiger partial charge on any atom is 0.187 e. The molecule has 0 aromatic heterocycles. The van der Waals surface area contributed by atoms with Gasteiger partial charge < -0.3 is 144 Å². The summed E-state index contributed by atoms with van der Waals surface area (Å²) in [6, 6.07) is 0. The summed E-state index contributed by atoms with van der Waals surface area (Å²) in [5.74, 6) is 0. The van der Waals surface area contributed by atoms with Crippen molar-refractivity contribution in [3.8, 4) is 0 Å². The van der Waals surface area contributed by atoms with E-state index in [1.54, 1.807) is 0 Å². The average Bonchev–Trinajstić information content (AvgIpc) is 3.27. The molecule has 5 aliphatic heterocycles. The molecular formula is C34H60O29. The van der Waals surface area contributed by atoms with Crippen LogP contribution >= 0.6 is 0 Å². The van der Waals surface area contributed by atoms with Crippen molar-refractivity contribution in [3.63, 3.8) is 0 Å². The van der Waals surface area contributed by atoms with E-state index in [9.17, 15) is 97.0 Å². The predicted octanol–water partition coefficient (Wildman–Crippen LogP) is -13.2. The molecule has 0 aliphatic carbocycles. The summed E-state index contributed by atoms with van der Waals surface area (Å²) in [4.78, 5) is 0. The maximum absolute atomic E-state index is 11.5. The zero-order chi connectivity index (χ0) is 46.6. The summed E-state index contributed by atoms with van der Waals surface area (Å²) in [7, 11) is 0. The average molecular weight is 933 g/mol. The minimum absolute atomic E-state index is 0.522. The van der Waals surface area contributed by atoms with E-state index < -0.39 is 212 Å². The van der Waals surface area contributed by atoms with Crippen molar-refractivity contribution in [1.82, 2.24) is 0 Å². The van der Waals surface area contributed by atoms with Crippen molar-refractivity contribution < 1.29 is 144 Å². The van der Waals surface area contributed by atoms with E-state index >= 15 is 0 Å². The third-order valence-electron chi connectivity index (χ3n) is 11.2. The van der Waals surface area contributed by atoms with E-state index in [1.165, 1.54) is 0 Å². The van der Waals surface area contributed by atoms with Gasteiger partial charge >= 0.3 is 0 Å². The number of hydrogen-bond acceptors (Lipinski definition) is 29. The second-order valence-corrected chi connectivity index (χ2v) is 15.7. The van der Waals surface area contributed by atoms with E-state index in [2.05, 4.69) is 0 Å². The second kappa shape index (κ2) is 23.2. The standard InChI is InChI=1S/C34H60O29/c35-1-8(38)17(44)27(9(39)2-36)61-33-25(52)20(47)29(13(59-33)6-56-30-22(49)15(42)10(40)4-54-30)63-34-26(53)21(48)28(62-32-24(51)19(46)18(45)12(3-37)58-32)14(60-34)7-57-31-23(50)16(43)11(41)5-55-31/h8-53H,1-7H2/t8-,9+,10+,11+,12+,13+,14+,15-,16-,17+,18+,19-,20+,21+,22+,23+,24+,25+,26+,27+,28+,29+,30+,31+,32-,33-,34-/m0/s1. The van der Waals surface area contributed by atoms with Crippen LogP contribution in [0.3, 0.4) is 0 Å². The largest absolute Gasteiger partial charge is 0.394 e. The Kier molecular flexibility index (Phi) is 19.5. The van der Waals surface area contributed by atoms with Crippen molar-refractivity contribution in [2.45, 2.75) is 166 Å². The molecule has 29 nitrogen and oxygen atoms in total. The van der Waals surface area contributed by atoms with Gasteiger partial charge in [0.15, 0.2) is 31.5 Å². The van der Waals surface area contributed by atoms with Crippen LogP contribution in [0.5, 0.6) is 0 Å². The molecule has 19 N–H and O–H groups in total. The molecule has 0 spiro atoms. The van der Waals surface area contributed by atoms with Crippen molar-refractivity contribution >= 4 is 0 Å². The summed E-state index contributed by atoms with van der Waals surface area (Å²) in [5, 5.41) is 197. The van der Waals surface area contributed by atoms with Crippen LogP contribution in [0.4, 0.5) is 0 Å². The second-order valence-electron chi connectivity index (χ2n) is 15.7. The van der Waals surface area contributed by atoms with Crippen LogP contribution < -0.4 is 0 Å². The molecule has 0 aromatic rings. The van der Waals surface area contributed by atoms with Crippen LogP contribution in [-0.2, 0) is 47.4 Å². The number of aliphatic hydroxyl groups is 19. The van der Waals surface area contributed by atoms with Gasteiger partial charge in [0.05, 0.1) is 46.2 Å². The van der Waals surface area contributed by atoms with Crippen LogP contribution in [0, 0.1) is 0 Å². The highest BCUT2D eigenvalue weighted by atomic mass is 16.8. The van der Waals surface area contributed by atoms with Crippen LogP contribution in [0.15, 0.2) is 0 Å². The first-order chi connectivity index (χ1) is 29.7. The van der Waals surface area contributed by atoms with Crippen molar-refractivity contribution in [1.29, 1.82) is 0 Å². The summed E-state index contributed by atoms with van der Waals surface area (Å²) < 4.78 is 55.7. The fourth-order valence-corrected chi connectivity index (χ4v) is 7.35. The lowest BCUT2D eigenvalue weighted by Gasteiger charge is -2.49. The lowest BCUT2D eigenvalue weighted by molar-refractivity contribution is -0.389. The molecule has 5 heterocycles. The Morgan fingerprint density at radius 2 is 0.825 bits per heavy atom. The highest BCUT2D eigenvalue weighted by molar-refractivity contribution is 4.98. The van der Waals surface area contributed by atoms with Crippen molar-refractivity contribution in [2.24, 2.45) is 0 Å². The monoisotopic (exact) mass is 932 g/mol. The lowest BCUT2D eigenvalue weighted by Crippen LogP contribution is -2.67. The van der Waals surface area contributed by atoms with Crippen LogP contribution in [0.25, 0.3) is 0 Å². The van der Waals surface area contributed by atoms with E-state index in [1.807, 2.05) is 0 Å². The first-order valence-corrected chi connectivity index (χ1v) is 19.9. The van der Waals surface area contributed by atoms with Crippen LogP contribution in [-0.4, -0.2) is 309 Å². The Morgan fingerprint density at radius 3 is 1.27 bits per heavy atom.